The lowest BCUT2D eigenvalue weighted by Crippen LogP contribution is -2.14. The molecule has 3 aromatic carbocycles. The Morgan fingerprint density at radius 3 is 2.57 bits per heavy atom. The first-order valence-electron chi connectivity index (χ1n) is 11.2. The van der Waals surface area contributed by atoms with Crippen LogP contribution in [0.5, 0.6) is 0 Å². The predicted molar refractivity (Wildman–Crippen MR) is 145 cm³/mol. The molecular weight excluding hydrogens is 510 g/mol. The van der Waals surface area contributed by atoms with Gasteiger partial charge in [0.15, 0.2) is 0 Å². The number of para-hydroxylation sites is 1. The van der Waals surface area contributed by atoms with E-state index in [0.29, 0.717) is 22.3 Å². The average molecular weight is 530 g/mol. The van der Waals surface area contributed by atoms with Crippen molar-refractivity contribution >= 4 is 51.6 Å². The number of carbonyl (C=O) groups excluding carboxylic acids is 1. The molecule has 0 aliphatic rings. The minimum Gasteiger partial charge on any atom is -0.411 e. The number of amides is 1. The first-order valence-corrected chi connectivity index (χ1v) is 12.6. The number of benzene rings is 3. The third kappa shape index (κ3) is 5.63. The quantitative estimate of drug-likeness (QED) is 0.106. The number of hydrogen-bond donors (Lipinski definition) is 2. The van der Waals surface area contributed by atoms with E-state index in [1.54, 1.807) is 31.2 Å². The molecule has 0 bridgehead atoms. The Labute approximate surface area is 221 Å². The van der Waals surface area contributed by atoms with Crippen molar-refractivity contribution in [1.82, 2.24) is 15.2 Å². The summed E-state index contributed by atoms with van der Waals surface area (Å²) in [5, 5.41) is 25.0. The van der Waals surface area contributed by atoms with Gasteiger partial charge in [-0.05, 0) is 48.9 Å². The molecule has 0 unspecified atom stereocenters. The van der Waals surface area contributed by atoms with Crippen molar-refractivity contribution < 1.29 is 14.4 Å². The van der Waals surface area contributed by atoms with Crippen LogP contribution in [0.15, 0.2) is 93.7 Å². The maximum atomic E-state index is 12.4. The van der Waals surface area contributed by atoms with Crippen molar-refractivity contribution in [3.63, 3.8) is 0 Å². The standard InChI is InChI=1S/C27H20ClN5O3S/c1-16(33-35)17-8-12-20(13-9-17)29-25(34)15-37-27-32-31-26(36-27)22-14-24(18-6-10-19(28)11-7-18)30-23-5-3-2-4-21(22)23/h2-14,35H,15H2,1H3,(H,29,34)/b33-16-. The number of anilines is 1. The molecule has 2 N–H and O–H groups in total. The molecular formula is C27H20ClN5O3S. The number of nitrogens with zero attached hydrogens (tertiary/aromatic N) is 4. The van der Waals surface area contributed by atoms with Crippen molar-refractivity contribution in [1.29, 1.82) is 0 Å². The minimum atomic E-state index is -0.218. The molecule has 0 saturated heterocycles. The molecule has 2 aromatic heterocycles. The summed E-state index contributed by atoms with van der Waals surface area (Å²) < 4.78 is 5.92. The molecule has 37 heavy (non-hydrogen) atoms. The van der Waals surface area contributed by atoms with E-state index in [2.05, 4.69) is 20.7 Å². The number of nitrogens with one attached hydrogen (secondary N) is 1. The van der Waals surface area contributed by atoms with Crippen molar-refractivity contribution in [3.8, 4) is 22.7 Å². The van der Waals surface area contributed by atoms with Gasteiger partial charge in [0.25, 0.3) is 5.22 Å². The zero-order chi connectivity index (χ0) is 25.8. The van der Waals surface area contributed by atoms with Crippen LogP contribution in [0.4, 0.5) is 5.69 Å². The Hall–Kier alpha value is -4.21. The Kier molecular flexibility index (Phi) is 7.16. The maximum absolute atomic E-state index is 12.4. The van der Waals surface area contributed by atoms with Crippen LogP contribution in [0.3, 0.4) is 0 Å². The van der Waals surface area contributed by atoms with Crippen LogP contribution < -0.4 is 5.32 Å². The van der Waals surface area contributed by atoms with Gasteiger partial charge in [-0.2, -0.15) is 0 Å². The average Bonchev–Trinajstić information content (AvgIpc) is 3.40. The second-order valence-electron chi connectivity index (χ2n) is 8.05. The van der Waals surface area contributed by atoms with E-state index < -0.39 is 0 Å². The largest absolute Gasteiger partial charge is 0.411 e. The van der Waals surface area contributed by atoms with E-state index in [0.717, 1.165) is 45.0 Å². The van der Waals surface area contributed by atoms with Crippen LogP contribution >= 0.6 is 23.4 Å². The molecule has 0 atom stereocenters. The highest BCUT2D eigenvalue weighted by Crippen LogP contribution is 2.33. The molecule has 0 radical (unpaired) electrons. The highest BCUT2D eigenvalue weighted by atomic mass is 35.5. The van der Waals surface area contributed by atoms with Gasteiger partial charge in [-0.1, -0.05) is 71.0 Å². The van der Waals surface area contributed by atoms with Gasteiger partial charge in [0.1, 0.15) is 0 Å². The SMILES string of the molecule is C/C(=N/O)c1ccc(NC(=O)CSc2nnc(-c3cc(-c4ccc(Cl)cc4)nc4ccccc34)o2)cc1. The zero-order valence-corrected chi connectivity index (χ0v) is 21.1. The predicted octanol–water partition coefficient (Wildman–Crippen LogP) is 6.53. The maximum Gasteiger partial charge on any atom is 0.277 e. The summed E-state index contributed by atoms with van der Waals surface area (Å²) in [6.45, 7) is 1.69. The van der Waals surface area contributed by atoms with Gasteiger partial charge in [-0.15, -0.1) is 10.2 Å². The summed E-state index contributed by atoms with van der Waals surface area (Å²) in [5.41, 5.74) is 5.09. The van der Waals surface area contributed by atoms with E-state index in [9.17, 15) is 4.79 Å². The number of carbonyl (C=O) groups is 1. The number of pyridine rings is 1. The van der Waals surface area contributed by atoms with Gasteiger partial charge in [0.2, 0.25) is 11.8 Å². The highest BCUT2D eigenvalue weighted by molar-refractivity contribution is 7.99. The summed E-state index contributed by atoms with van der Waals surface area (Å²) in [5.74, 6) is 0.214. The first-order chi connectivity index (χ1) is 18.0. The normalized spacial score (nSPS) is 11.6. The van der Waals surface area contributed by atoms with Crippen LogP contribution in [0.2, 0.25) is 5.02 Å². The lowest BCUT2D eigenvalue weighted by molar-refractivity contribution is -0.113. The smallest absolute Gasteiger partial charge is 0.277 e. The molecule has 0 fully saturated rings. The van der Waals surface area contributed by atoms with E-state index in [1.165, 1.54) is 0 Å². The number of oxime groups is 1. The molecule has 2 heterocycles. The minimum absolute atomic E-state index is 0.0909. The molecule has 0 saturated carbocycles. The fourth-order valence-electron chi connectivity index (χ4n) is 3.67. The fourth-order valence-corrected chi connectivity index (χ4v) is 4.36. The molecule has 0 spiro atoms. The monoisotopic (exact) mass is 529 g/mol. The Morgan fingerprint density at radius 2 is 1.81 bits per heavy atom. The van der Waals surface area contributed by atoms with Gasteiger partial charge < -0.3 is 14.9 Å². The second kappa shape index (κ2) is 10.8. The fraction of sp³-hybridized carbons (Fsp3) is 0.0741. The van der Waals surface area contributed by atoms with Gasteiger partial charge in [-0.3, -0.25) is 4.79 Å². The molecule has 8 nitrogen and oxygen atoms in total. The summed E-state index contributed by atoms with van der Waals surface area (Å²) >= 11 is 7.20. The molecule has 0 aliphatic heterocycles. The summed E-state index contributed by atoms with van der Waals surface area (Å²) in [4.78, 5) is 17.2. The molecule has 1 amide bonds. The first kappa shape index (κ1) is 24.5. The number of thioether (sulfide) groups is 1. The number of hydrogen-bond acceptors (Lipinski definition) is 8. The number of halogens is 1. The lowest BCUT2D eigenvalue weighted by Gasteiger charge is -2.07. The number of aromatic nitrogens is 3. The zero-order valence-electron chi connectivity index (χ0n) is 19.6. The topological polar surface area (TPSA) is 114 Å². The molecule has 5 aromatic rings. The van der Waals surface area contributed by atoms with E-state index in [-0.39, 0.29) is 16.9 Å². The summed E-state index contributed by atoms with van der Waals surface area (Å²) in [6.07, 6.45) is 0. The van der Waals surface area contributed by atoms with Crippen molar-refractivity contribution in [2.75, 3.05) is 11.1 Å². The Morgan fingerprint density at radius 1 is 1.05 bits per heavy atom. The summed E-state index contributed by atoms with van der Waals surface area (Å²) in [7, 11) is 0. The molecule has 10 heteroatoms. The van der Waals surface area contributed by atoms with Gasteiger partial charge in [-0.25, -0.2) is 4.98 Å². The number of rotatable bonds is 7. The lowest BCUT2D eigenvalue weighted by atomic mass is 10.0. The van der Waals surface area contributed by atoms with Gasteiger partial charge in [0.05, 0.1) is 28.2 Å². The molecule has 5 rings (SSSR count). The Bertz CT molecular complexity index is 1600. The van der Waals surface area contributed by atoms with Crippen LogP contribution in [0.25, 0.3) is 33.6 Å². The van der Waals surface area contributed by atoms with Crippen molar-refractivity contribution in [2.24, 2.45) is 5.16 Å². The molecule has 184 valence electrons. The third-order valence-corrected chi connectivity index (χ3v) is 6.63. The van der Waals surface area contributed by atoms with Gasteiger partial charge >= 0.3 is 0 Å². The van der Waals surface area contributed by atoms with Crippen LogP contribution in [0, 0.1) is 0 Å². The third-order valence-electron chi connectivity index (χ3n) is 5.56. The van der Waals surface area contributed by atoms with Crippen molar-refractivity contribution in [2.45, 2.75) is 12.1 Å². The van der Waals surface area contributed by atoms with E-state index in [1.807, 2.05) is 54.6 Å². The van der Waals surface area contributed by atoms with Crippen LogP contribution in [-0.2, 0) is 4.79 Å². The number of fused-ring (bicyclic) bond motifs is 1. The second-order valence-corrected chi connectivity index (χ2v) is 9.41. The summed E-state index contributed by atoms with van der Waals surface area (Å²) in [6, 6.07) is 24.1. The molecule has 0 aliphatic carbocycles. The van der Waals surface area contributed by atoms with E-state index >= 15 is 0 Å². The van der Waals surface area contributed by atoms with Crippen LogP contribution in [0.1, 0.15) is 12.5 Å². The van der Waals surface area contributed by atoms with Crippen molar-refractivity contribution in [3.05, 3.63) is 89.4 Å². The Balaban J connectivity index is 1.32. The van der Waals surface area contributed by atoms with Crippen LogP contribution in [-0.4, -0.2) is 37.8 Å². The van der Waals surface area contributed by atoms with E-state index in [4.69, 9.17) is 26.2 Å². The van der Waals surface area contributed by atoms with Gasteiger partial charge in [0, 0.05) is 21.7 Å². The highest BCUT2D eigenvalue weighted by Gasteiger charge is 2.16.